The first-order chi connectivity index (χ1) is 30.2. The lowest BCUT2D eigenvalue weighted by Crippen LogP contribution is -1.95. The maximum atomic E-state index is 6.62. The number of hydrogen-bond acceptors (Lipinski definition) is 4. The smallest absolute Gasteiger partial charge is 0.160 e. The number of para-hydroxylation sites is 3. The third-order valence-electron chi connectivity index (χ3n) is 11.8. The van der Waals surface area contributed by atoms with Crippen LogP contribution in [0.25, 0.3) is 122 Å². The molecule has 0 aliphatic heterocycles. The molecule has 0 amide bonds. The lowest BCUT2D eigenvalue weighted by molar-refractivity contribution is 0.669. The number of fused-ring (bicyclic) bond motifs is 7. The maximum absolute atomic E-state index is 6.62. The fourth-order valence-electron chi connectivity index (χ4n) is 8.99. The van der Waals surface area contributed by atoms with E-state index in [0.29, 0.717) is 5.82 Å². The van der Waals surface area contributed by atoms with E-state index in [4.69, 9.17) is 19.4 Å². The van der Waals surface area contributed by atoms with Gasteiger partial charge >= 0.3 is 0 Å². The normalized spacial score (nSPS) is 11.6. The summed E-state index contributed by atoms with van der Waals surface area (Å²) < 4.78 is 6.62. The van der Waals surface area contributed by atoms with Crippen molar-refractivity contribution in [3.63, 3.8) is 0 Å². The van der Waals surface area contributed by atoms with Gasteiger partial charge in [-0.3, -0.25) is 0 Å². The molecule has 3 aromatic heterocycles. The molecule has 0 saturated heterocycles. The molecule has 61 heavy (non-hydrogen) atoms. The Morgan fingerprint density at radius 3 is 1.56 bits per heavy atom. The first-order valence-corrected chi connectivity index (χ1v) is 20.6. The van der Waals surface area contributed by atoms with E-state index in [9.17, 15) is 0 Å². The van der Waals surface area contributed by atoms with Gasteiger partial charge in [0.05, 0.1) is 22.4 Å². The van der Waals surface area contributed by atoms with Crippen molar-refractivity contribution in [3.05, 3.63) is 212 Å². The van der Waals surface area contributed by atoms with E-state index < -0.39 is 0 Å². The van der Waals surface area contributed by atoms with Gasteiger partial charge in [-0.25, -0.2) is 15.0 Å². The highest BCUT2D eigenvalue weighted by Gasteiger charge is 2.22. The number of aromatic nitrogens is 3. The highest BCUT2D eigenvalue weighted by Crippen LogP contribution is 2.46. The van der Waals surface area contributed by atoms with Crippen LogP contribution in [-0.4, -0.2) is 15.0 Å². The van der Waals surface area contributed by atoms with Gasteiger partial charge in [-0.15, -0.1) is 0 Å². The molecule has 12 aromatic rings. The summed E-state index contributed by atoms with van der Waals surface area (Å²) in [6.45, 7) is 0. The molecule has 0 N–H and O–H groups in total. The van der Waals surface area contributed by atoms with Crippen LogP contribution in [-0.2, 0) is 0 Å². The molecule has 4 nitrogen and oxygen atoms in total. The van der Waals surface area contributed by atoms with Gasteiger partial charge in [-0.05, 0) is 64.2 Å². The highest BCUT2D eigenvalue weighted by molar-refractivity contribution is 6.27. The predicted molar refractivity (Wildman–Crippen MR) is 252 cm³/mol. The molecule has 0 radical (unpaired) electrons. The van der Waals surface area contributed by atoms with Crippen LogP contribution < -0.4 is 0 Å². The van der Waals surface area contributed by atoms with Gasteiger partial charge in [0.1, 0.15) is 11.2 Å². The molecule has 0 spiro atoms. The van der Waals surface area contributed by atoms with Crippen molar-refractivity contribution >= 4 is 54.5 Å². The summed E-state index contributed by atoms with van der Waals surface area (Å²) in [6, 6.07) is 74.4. The quantitative estimate of drug-likeness (QED) is 0.158. The highest BCUT2D eigenvalue weighted by atomic mass is 16.3. The summed E-state index contributed by atoms with van der Waals surface area (Å²) >= 11 is 0. The molecular formula is C57H35N3O. The second kappa shape index (κ2) is 14.3. The molecule has 4 heteroatoms. The summed E-state index contributed by atoms with van der Waals surface area (Å²) in [4.78, 5) is 15.6. The van der Waals surface area contributed by atoms with E-state index in [1.165, 1.54) is 5.56 Å². The van der Waals surface area contributed by atoms with Crippen molar-refractivity contribution in [1.29, 1.82) is 0 Å². The number of pyridine rings is 1. The van der Waals surface area contributed by atoms with Gasteiger partial charge in [0.2, 0.25) is 0 Å². The molecule has 0 aliphatic rings. The molecule has 0 atom stereocenters. The number of furan rings is 1. The third-order valence-corrected chi connectivity index (χ3v) is 11.8. The fourth-order valence-corrected chi connectivity index (χ4v) is 8.99. The molecule has 0 saturated carbocycles. The maximum Gasteiger partial charge on any atom is 0.160 e. The monoisotopic (exact) mass is 777 g/mol. The Morgan fingerprint density at radius 1 is 0.279 bits per heavy atom. The van der Waals surface area contributed by atoms with E-state index in [1.807, 2.05) is 24.3 Å². The molecule has 0 unspecified atom stereocenters. The van der Waals surface area contributed by atoms with Crippen LogP contribution in [0.4, 0.5) is 0 Å². The van der Waals surface area contributed by atoms with Crippen molar-refractivity contribution in [1.82, 2.24) is 15.0 Å². The Bertz CT molecular complexity index is 3630. The summed E-state index contributed by atoms with van der Waals surface area (Å²) in [5.41, 5.74) is 15.3. The topological polar surface area (TPSA) is 51.8 Å². The molecule has 9 aromatic carbocycles. The Kier molecular flexibility index (Phi) is 8.13. The number of benzene rings is 9. The first kappa shape index (κ1) is 34.8. The van der Waals surface area contributed by atoms with Gasteiger partial charge in [-0.1, -0.05) is 176 Å². The van der Waals surface area contributed by atoms with Crippen molar-refractivity contribution < 1.29 is 4.42 Å². The van der Waals surface area contributed by atoms with Crippen LogP contribution in [0.2, 0.25) is 0 Å². The van der Waals surface area contributed by atoms with Crippen LogP contribution in [0.3, 0.4) is 0 Å². The fraction of sp³-hybridized carbons (Fsp3) is 0. The minimum absolute atomic E-state index is 0.692. The molecule has 3 heterocycles. The SMILES string of the molecule is c1ccc(-c2cccc(-c3nc(-c4cccc(-c5ccc(-c6c7c(cc8c(-c9ccccc9)nc9ccccc9c68)oc6ccccc67)cc5)c4)nc4ccccc34)c2)cc1. The van der Waals surface area contributed by atoms with E-state index in [-0.39, 0.29) is 0 Å². The molecule has 0 bridgehead atoms. The van der Waals surface area contributed by atoms with Crippen LogP contribution in [0, 0.1) is 0 Å². The standard InChI is InChI=1S/C57H35N3O/c1-3-15-36(16-4-1)40-19-13-21-42(33-40)56-45-24-8-11-27-49(45)59-57(60-56)43-22-14-20-41(34-43)37-29-31-38(32-30-37)52-53-44-23-7-10-26-48(44)58-55(39-17-5-2-6-18-39)47(53)35-51-54(52)46-25-9-12-28-50(46)61-51/h1-35H. The van der Waals surface area contributed by atoms with Crippen LogP contribution in [0.15, 0.2) is 217 Å². The first-order valence-electron chi connectivity index (χ1n) is 20.6. The number of hydrogen-bond donors (Lipinski definition) is 0. The van der Waals surface area contributed by atoms with E-state index >= 15 is 0 Å². The van der Waals surface area contributed by atoms with Crippen LogP contribution in [0.1, 0.15) is 0 Å². The summed E-state index contributed by atoms with van der Waals surface area (Å²) in [6.07, 6.45) is 0. The Hall–Kier alpha value is -8.21. The van der Waals surface area contributed by atoms with Crippen molar-refractivity contribution in [2.24, 2.45) is 0 Å². The molecule has 284 valence electrons. The zero-order valence-corrected chi connectivity index (χ0v) is 33.0. The van der Waals surface area contributed by atoms with E-state index in [2.05, 4.69) is 188 Å². The second-order valence-corrected chi connectivity index (χ2v) is 15.5. The predicted octanol–water partition coefficient (Wildman–Crippen LogP) is 15.2. The molecule has 12 rings (SSSR count). The van der Waals surface area contributed by atoms with Crippen LogP contribution in [0.5, 0.6) is 0 Å². The Labute approximate surface area is 352 Å². The van der Waals surface area contributed by atoms with Gasteiger partial charge < -0.3 is 4.42 Å². The minimum Gasteiger partial charge on any atom is -0.456 e. The summed E-state index contributed by atoms with van der Waals surface area (Å²) in [5, 5.41) is 6.55. The third kappa shape index (κ3) is 5.96. The zero-order valence-electron chi connectivity index (χ0n) is 33.0. The van der Waals surface area contributed by atoms with E-state index in [1.54, 1.807) is 0 Å². The van der Waals surface area contributed by atoms with Gasteiger partial charge in [0.25, 0.3) is 0 Å². The average molecular weight is 778 g/mol. The second-order valence-electron chi connectivity index (χ2n) is 15.5. The van der Waals surface area contributed by atoms with E-state index in [0.717, 1.165) is 110 Å². The zero-order chi connectivity index (χ0) is 40.3. The largest absolute Gasteiger partial charge is 0.456 e. The van der Waals surface area contributed by atoms with Gasteiger partial charge in [-0.2, -0.15) is 0 Å². The molecular weight excluding hydrogens is 743 g/mol. The average Bonchev–Trinajstić information content (AvgIpc) is 3.71. The van der Waals surface area contributed by atoms with Crippen molar-refractivity contribution in [2.45, 2.75) is 0 Å². The summed E-state index contributed by atoms with van der Waals surface area (Å²) in [7, 11) is 0. The Balaban J connectivity index is 1.00. The van der Waals surface area contributed by atoms with Crippen molar-refractivity contribution in [2.75, 3.05) is 0 Å². The Morgan fingerprint density at radius 2 is 0.803 bits per heavy atom. The van der Waals surface area contributed by atoms with Crippen LogP contribution >= 0.6 is 0 Å². The minimum atomic E-state index is 0.692. The van der Waals surface area contributed by atoms with Gasteiger partial charge in [0, 0.05) is 54.6 Å². The molecule has 0 aliphatic carbocycles. The molecule has 0 fully saturated rings. The lowest BCUT2D eigenvalue weighted by Gasteiger charge is -2.16. The number of rotatable bonds is 6. The lowest BCUT2D eigenvalue weighted by atomic mass is 9.89. The van der Waals surface area contributed by atoms with Gasteiger partial charge in [0.15, 0.2) is 5.82 Å². The summed E-state index contributed by atoms with van der Waals surface area (Å²) in [5.74, 6) is 0.692. The van der Waals surface area contributed by atoms with Crippen molar-refractivity contribution in [3.8, 4) is 67.3 Å². The number of nitrogens with zero attached hydrogens (tertiary/aromatic N) is 3.